The van der Waals surface area contributed by atoms with Crippen LogP contribution in [0.4, 0.5) is 5.69 Å². The van der Waals surface area contributed by atoms with E-state index in [0.29, 0.717) is 16.5 Å². The van der Waals surface area contributed by atoms with Crippen LogP contribution in [0.15, 0.2) is 46.9 Å². The minimum Gasteiger partial charge on any atom is -0.495 e. The van der Waals surface area contributed by atoms with E-state index in [1.807, 2.05) is 42.5 Å². The Labute approximate surface area is 142 Å². The predicted molar refractivity (Wildman–Crippen MR) is 91.6 cm³/mol. The van der Waals surface area contributed by atoms with Crippen LogP contribution in [0.25, 0.3) is 0 Å². The molecule has 0 heterocycles. The van der Waals surface area contributed by atoms with Crippen LogP contribution in [0.2, 0.25) is 5.02 Å². The summed E-state index contributed by atoms with van der Waals surface area (Å²) in [4.78, 5) is 12.4. The van der Waals surface area contributed by atoms with Crippen molar-refractivity contribution in [3.05, 3.63) is 57.5 Å². The number of nitrogens with one attached hydrogen (secondary N) is 1. The van der Waals surface area contributed by atoms with E-state index in [1.54, 1.807) is 7.11 Å². The van der Waals surface area contributed by atoms with Crippen LogP contribution in [-0.4, -0.2) is 13.0 Å². The molecule has 1 amide bonds. The van der Waals surface area contributed by atoms with Gasteiger partial charge in [-0.25, -0.2) is 0 Å². The molecule has 0 aromatic heterocycles. The molecule has 2 atom stereocenters. The third-order valence-electron chi connectivity index (χ3n) is 3.83. The summed E-state index contributed by atoms with van der Waals surface area (Å²) in [5.74, 6) is 0.903. The molecule has 2 aromatic carbocycles. The summed E-state index contributed by atoms with van der Waals surface area (Å²) < 4.78 is 6.20. The molecule has 1 aliphatic carbocycles. The molecule has 2 aromatic rings. The topological polar surface area (TPSA) is 38.3 Å². The third-order valence-corrected chi connectivity index (χ3v) is 4.55. The van der Waals surface area contributed by atoms with Gasteiger partial charge in [-0.3, -0.25) is 4.79 Å². The molecule has 0 saturated heterocycles. The summed E-state index contributed by atoms with van der Waals surface area (Å²) in [6.07, 6.45) is 0.852. The summed E-state index contributed by atoms with van der Waals surface area (Å²) in [6, 6.07) is 13.2. The maximum absolute atomic E-state index is 12.4. The Morgan fingerprint density at radius 1 is 1.32 bits per heavy atom. The highest BCUT2D eigenvalue weighted by molar-refractivity contribution is 9.10. The van der Waals surface area contributed by atoms with Crippen molar-refractivity contribution in [1.82, 2.24) is 0 Å². The van der Waals surface area contributed by atoms with E-state index < -0.39 is 0 Å². The molecule has 3 rings (SSSR count). The second-order valence-corrected chi connectivity index (χ2v) is 6.69. The second kappa shape index (κ2) is 6.31. The number of hydrogen-bond donors (Lipinski definition) is 1. The molecular weight excluding hydrogens is 366 g/mol. The molecule has 1 fully saturated rings. The van der Waals surface area contributed by atoms with E-state index in [2.05, 4.69) is 21.2 Å². The molecule has 0 unspecified atom stereocenters. The summed E-state index contributed by atoms with van der Waals surface area (Å²) in [7, 11) is 1.59. The largest absolute Gasteiger partial charge is 0.495 e. The fraction of sp³-hybridized carbons (Fsp3) is 0.235. The van der Waals surface area contributed by atoms with Gasteiger partial charge in [-0.2, -0.15) is 0 Å². The SMILES string of the molecule is COc1cc(Br)ccc1NC(=O)[C@H]1C[C@@H]1c1cccc(Cl)c1. The number of carbonyl (C=O) groups excluding carboxylic acids is 1. The van der Waals surface area contributed by atoms with Crippen molar-refractivity contribution in [1.29, 1.82) is 0 Å². The first-order chi connectivity index (χ1) is 10.6. The van der Waals surface area contributed by atoms with Crippen molar-refractivity contribution in [3.63, 3.8) is 0 Å². The summed E-state index contributed by atoms with van der Waals surface area (Å²) in [5, 5.41) is 3.65. The lowest BCUT2D eigenvalue weighted by molar-refractivity contribution is -0.117. The molecule has 1 N–H and O–H groups in total. The maximum atomic E-state index is 12.4. The number of rotatable bonds is 4. The summed E-state index contributed by atoms with van der Waals surface area (Å²) >= 11 is 9.39. The van der Waals surface area contributed by atoms with Crippen LogP contribution in [0.5, 0.6) is 5.75 Å². The number of ether oxygens (including phenoxy) is 1. The van der Waals surface area contributed by atoms with Crippen LogP contribution in [0.1, 0.15) is 17.9 Å². The molecule has 0 aliphatic heterocycles. The van der Waals surface area contributed by atoms with Gasteiger partial charge >= 0.3 is 0 Å². The number of halogens is 2. The Hall–Kier alpha value is -1.52. The van der Waals surface area contributed by atoms with Gasteiger partial charge in [0, 0.05) is 15.4 Å². The van der Waals surface area contributed by atoms with Gasteiger partial charge in [0.05, 0.1) is 12.8 Å². The third kappa shape index (κ3) is 3.28. The van der Waals surface area contributed by atoms with E-state index in [0.717, 1.165) is 16.5 Å². The average Bonchev–Trinajstić information content (AvgIpc) is 3.29. The highest BCUT2D eigenvalue weighted by atomic mass is 79.9. The van der Waals surface area contributed by atoms with Crippen LogP contribution < -0.4 is 10.1 Å². The van der Waals surface area contributed by atoms with Gasteiger partial charge in [-0.05, 0) is 48.2 Å². The molecule has 5 heteroatoms. The fourth-order valence-corrected chi connectivity index (χ4v) is 3.12. The standard InChI is InChI=1S/C17H15BrClNO2/c1-22-16-8-11(18)5-6-15(16)20-17(21)14-9-13(14)10-3-2-4-12(19)7-10/h2-8,13-14H,9H2,1H3,(H,20,21)/t13-,14+/m1/s1. The molecule has 1 saturated carbocycles. The van der Waals surface area contributed by atoms with E-state index in [4.69, 9.17) is 16.3 Å². The normalized spacial score (nSPS) is 19.6. The fourth-order valence-electron chi connectivity index (χ4n) is 2.58. The van der Waals surface area contributed by atoms with E-state index >= 15 is 0 Å². The van der Waals surface area contributed by atoms with Crippen molar-refractivity contribution in [2.75, 3.05) is 12.4 Å². The van der Waals surface area contributed by atoms with Gasteiger partial charge < -0.3 is 10.1 Å². The van der Waals surface area contributed by atoms with Gasteiger partial charge in [0.1, 0.15) is 5.75 Å². The van der Waals surface area contributed by atoms with Crippen molar-refractivity contribution >= 4 is 39.1 Å². The molecule has 1 aliphatic rings. The number of hydrogen-bond acceptors (Lipinski definition) is 2. The smallest absolute Gasteiger partial charge is 0.228 e. The predicted octanol–water partition coefficient (Wildman–Crippen LogP) is 4.85. The lowest BCUT2D eigenvalue weighted by Gasteiger charge is -2.10. The highest BCUT2D eigenvalue weighted by Gasteiger charge is 2.44. The summed E-state index contributed by atoms with van der Waals surface area (Å²) in [5.41, 5.74) is 1.81. The maximum Gasteiger partial charge on any atom is 0.228 e. The van der Waals surface area contributed by atoms with E-state index in [9.17, 15) is 4.79 Å². The zero-order valence-electron chi connectivity index (χ0n) is 12.0. The highest BCUT2D eigenvalue weighted by Crippen LogP contribution is 2.48. The Kier molecular flexibility index (Phi) is 4.41. The van der Waals surface area contributed by atoms with Gasteiger partial charge in [-0.15, -0.1) is 0 Å². The lowest BCUT2D eigenvalue weighted by atomic mass is 10.1. The van der Waals surface area contributed by atoms with E-state index in [1.165, 1.54) is 0 Å². The van der Waals surface area contributed by atoms with Crippen molar-refractivity contribution < 1.29 is 9.53 Å². The molecule has 3 nitrogen and oxygen atoms in total. The molecular formula is C17H15BrClNO2. The first-order valence-corrected chi connectivity index (χ1v) is 8.15. The van der Waals surface area contributed by atoms with Gasteiger partial charge in [0.15, 0.2) is 0 Å². The Balaban J connectivity index is 1.69. The van der Waals surface area contributed by atoms with E-state index in [-0.39, 0.29) is 17.7 Å². The Bertz CT molecular complexity index is 720. The van der Waals surface area contributed by atoms with Crippen molar-refractivity contribution in [2.45, 2.75) is 12.3 Å². The first kappa shape index (κ1) is 15.4. The van der Waals surface area contributed by atoms with Gasteiger partial charge in [0.2, 0.25) is 5.91 Å². The Morgan fingerprint density at radius 2 is 2.14 bits per heavy atom. The minimum atomic E-state index is -0.00757. The van der Waals surface area contributed by atoms with Crippen molar-refractivity contribution in [3.8, 4) is 5.75 Å². The number of benzene rings is 2. The van der Waals surface area contributed by atoms with Crippen molar-refractivity contribution in [2.24, 2.45) is 5.92 Å². The van der Waals surface area contributed by atoms with Crippen LogP contribution in [0.3, 0.4) is 0 Å². The quantitative estimate of drug-likeness (QED) is 0.823. The molecule has 0 radical (unpaired) electrons. The van der Waals surface area contributed by atoms with Crippen LogP contribution >= 0.6 is 27.5 Å². The first-order valence-electron chi connectivity index (χ1n) is 6.98. The minimum absolute atomic E-state index is 0.00757. The Morgan fingerprint density at radius 3 is 2.86 bits per heavy atom. The monoisotopic (exact) mass is 379 g/mol. The molecule has 0 bridgehead atoms. The zero-order chi connectivity index (χ0) is 15.7. The number of amides is 1. The average molecular weight is 381 g/mol. The number of anilines is 1. The second-order valence-electron chi connectivity index (χ2n) is 5.34. The molecule has 22 heavy (non-hydrogen) atoms. The van der Waals surface area contributed by atoms with Crippen LogP contribution in [-0.2, 0) is 4.79 Å². The summed E-state index contributed by atoms with van der Waals surface area (Å²) in [6.45, 7) is 0. The number of carbonyl (C=O) groups is 1. The molecule has 0 spiro atoms. The molecule has 114 valence electrons. The lowest BCUT2D eigenvalue weighted by Crippen LogP contribution is -2.15. The number of methoxy groups -OCH3 is 1. The van der Waals surface area contributed by atoms with Gasteiger partial charge in [-0.1, -0.05) is 39.7 Å². The van der Waals surface area contributed by atoms with Gasteiger partial charge in [0.25, 0.3) is 0 Å². The van der Waals surface area contributed by atoms with Crippen LogP contribution in [0, 0.1) is 5.92 Å². The zero-order valence-corrected chi connectivity index (χ0v) is 14.3.